The summed E-state index contributed by atoms with van der Waals surface area (Å²) in [6.07, 6.45) is 6.77. The smallest absolute Gasteiger partial charge is 0.268 e. The number of carbonyl (C=O) groups is 1. The Balaban J connectivity index is 2.03. The molecule has 1 aromatic heterocycles. The fraction of sp³-hybridized carbons (Fsp3) is 0.643. The van der Waals surface area contributed by atoms with Crippen molar-refractivity contribution in [3.05, 3.63) is 18.0 Å². The van der Waals surface area contributed by atoms with Crippen LogP contribution in [-0.4, -0.2) is 24.9 Å². The summed E-state index contributed by atoms with van der Waals surface area (Å²) >= 11 is 0. The number of aromatic nitrogens is 1. The summed E-state index contributed by atoms with van der Waals surface area (Å²) in [7, 11) is 3.12. The molecule has 21 heavy (non-hydrogen) atoms. The lowest BCUT2D eigenvalue weighted by molar-refractivity contribution is 0.0913. The van der Waals surface area contributed by atoms with E-state index in [0.717, 1.165) is 31.6 Å². The molecule has 0 radical (unpaired) electrons. The zero-order valence-corrected chi connectivity index (χ0v) is 13.9. The van der Waals surface area contributed by atoms with Crippen LogP contribution in [0.3, 0.4) is 0 Å². The van der Waals surface area contributed by atoms with E-state index in [9.17, 15) is 13.2 Å². The first-order valence-corrected chi connectivity index (χ1v) is 9.54. The lowest BCUT2D eigenvalue weighted by Gasteiger charge is -2.28. The summed E-state index contributed by atoms with van der Waals surface area (Å²) < 4.78 is 24.1. The normalized spacial score (nSPS) is 23.0. The van der Waals surface area contributed by atoms with Crippen LogP contribution in [0.5, 0.6) is 0 Å². The molecule has 1 heterocycles. The molecule has 0 bridgehead atoms. The van der Waals surface area contributed by atoms with Crippen LogP contribution >= 0.6 is 10.7 Å². The third-order valence-corrected chi connectivity index (χ3v) is 5.57. The number of hydrogen-bond acceptors (Lipinski definition) is 3. The van der Waals surface area contributed by atoms with E-state index < -0.39 is 9.05 Å². The molecule has 1 fully saturated rings. The van der Waals surface area contributed by atoms with E-state index in [4.69, 9.17) is 10.7 Å². The largest absolute Gasteiger partial charge is 0.348 e. The van der Waals surface area contributed by atoms with E-state index in [1.54, 1.807) is 7.05 Å². The van der Waals surface area contributed by atoms with Crippen LogP contribution in [0.25, 0.3) is 0 Å². The number of halogens is 1. The molecule has 1 aliphatic rings. The van der Waals surface area contributed by atoms with Crippen molar-refractivity contribution in [1.82, 2.24) is 9.88 Å². The maximum atomic E-state index is 12.3. The molecule has 0 atom stereocenters. The van der Waals surface area contributed by atoms with Gasteiger partial charge in [-0.15, -0.1) is 0 Å². The average Bonchev–Trinajstić information content (AvgIpc) is 2.82. The zero-order valence-electron chi connectivity index (χ0n) is 12.3. The van der Waals surface area contributed by atoms with Crippen LogP contribution < -0.4 is 5.32 Å². The van der Waals surface area contributed by atoms with Crippen LogP contribution in [0.1, 0.15) is 49.5 Å². The van der Waals surface area contributed by atoms with Crippen LogP contribution in [0.4, 0.5) is 0 Å². The Hall–Kier alpha value is -1.01. The summed E-state index contributed by atoms with van der Waals surface area (Å²) in [4.78, 5) is 12.2. The fourth-order valence-corrected chi connectivity index (χ4v) is 3.66. The highest BCUT2D eigenvalue weighted by molar-refractivity contribution is 8.13. The first kappa shape index (κ1) is 16.4. The predicted molar refractivity (Wildman–Crippen MR) is 82.0 cm³/mol. The minimum Gasteiger partial charge on any atom is -0.348 e. The van der Waals surface area contributed by atoms with Gasteiger partial charge in [0.15, 0.2) is 0 Å². The van der Waals surface area contributed by atoms with E-state index in [2.05, 4.69) is 12.2 Å². The molecule has 0 aliphatic heterocycles. The summed E-state index contributed by atoms with van der Waals surface area (Å²) in [5.74, 6) is 0.519. The van der Waals surface area contributed by atoms with Crippen molar-refractivity contribution in [2.45, 2.75) is 50.0 Å². The number of nitrogens with zero attached hydrogens (tertiary/aromatic N) is 1. The third-order valence-electron chi connectivity index (χ3n) is 4.25. The van der Waals surface area contributed by atoms with Crippen LogP contribution in [0, 0.1) is 5.92 Å². The van der Waals surface area contributed by atoms with Crippen LogP contribution in [0.2, 0.25) is 0 Å². The molecule has 0 spiro atoms. The van der Waals surface area contributed by atoms with E-state index in [0.29, 0.717) is 5.69 Å². The van der Waals surface area contributed by atoms with Gasteiger partial charge in [-0.3, -0.25) is 4.79 Å². The zero-order chi connectivity index (χ0) is 15.6. The lowest BCUT2D eigenvalue weighted by atomic mass is 9.84. The van der Waals surface area contributed by atoms with Crippen molar-refractivity contribution in [2.75, 3.05) is 0 Å². The molecule has 1 saturated carbocycles. The lowest BCUT2D eigenvalue weighted by Crippen LogP contribution is -2.38. The predicted octanol–water partition coefficient (Wildman–Crippen LogP) is 2.65. The summed E-state index contributed by atoms with van der Waals surface area (Å²) in [6.45, 7) is 2.20. The molecular formula is C14H21ClN2O3S. The molecule has 1 amide bonds. The maximum absolute atomic E-state index is 12.3. The molecule has 2 rings (SSSR count). The molecule has 1 N–H and O–H groups in total. The minimum absolute atomic E-state index is 0.0495. The Bertz CT molecular complexity index is 616. The van der Waals surface area contributed by atoms with Crippen molar-refractivity contribution in [3.63, 3.8) is 0 Å². The highest BCUT2D eigenvalue weighted by Crippen LogP contribution is 2.26. The van der Waals surface area contributed by atoms with E-state index in [1.807, 2.05) is 0 Å². The van der Waals surface area contributed by atoms with Crippen molar-refractivity contribution in [3.8, 4) is 0 Å². The number of hydrogen-bond donors (Lipinski definition) is 1. The van der Waals surface area contributed by atoms with Gasteiger partial charge < -0.3 is 9.88 Å². The molecule has 1 aliphatic carbocycles. The SMILES string of the molecule is CCC1CCC(NC(=O)c2cc(S(=O)(=O)Cl)cn2C)CC1. The molecule has 0 saturated heterocycles. The van der Waals surface area contributed by atoms with Gasteiger partial charge in [-0.2, -0.15) is 0 Å². The monoisotopic (exact) mass is 332 g/mol. The highest BCUT2D eigenvalue weighted by atomic mass is 35.7. The van der Waals surface area contributed by atoms with Gasteiger partial charge in [0, 0.05) is 30.0 Å². The summed E-state index contributed by atoms with van der Waals surface area (Å²) in [5, 5.41) is 2.99. The van der Waals surface area contributed by atoms with Crippen molar-refractivity contribution < 1.29 is 13.2 Å². The summed E-state index contributed by atoms with van der Waals surface area (Å²) in [6, 6.07) is 1.49. The van der Waals surface area contributed by atoms with Gasteiger partial charge >= 0.3 is 0 Å². The van der Waals surface area contributed by atoms with Gasteiger partial charge in [-0.25, -0.2) is 8.42 Å². The number of amides is 1. The number of aryl methyl sites for hydroxylation is 1. The number of nitrogens with one attached hydrogen (secondary N) is 1. The molecule has 0 unspecified atom stereocenters. The Labute approximate surface area is 130 Å². The topological polar surface area (TPSA) is 68.2 Å². The van der Waals surface area contributed by atoms with Crippen molar-refractivity contribution in [1.29, 1.82) is 0 Å². The molecule has 0 aromatic carbocycles. The van der Waals surface area contributed by atoms with Crippen molar-refractivity contribution in [2.24, 2.45) is 13.0 Å². The number of rotatable bonds is 4. The summed E-state index contributed by atoms with van der Waals surface area (Å²) in [5.41, 5.74) is 0.312. The third kappa shape index (κ3) is 4.01. The molecule has 118 valence electrons. The van der Waals surface area contributed by atoms with Gasteiger partial charge in [0.05, 0.1) is 0 Å². The highest BCUT2D eigenvalue weighted by Gasteiger charge is 2.24. The quantitative estimate of drug-likeness (QED) is 0.862. The Kier molecular flexibility index (Phi) is 4.99. The van der Waals surface area contributed by atoms with Gasteiger partial charge in [0.2, 0.25) is 0 Å². The molecule has 1 aromatic rings. The second-order valence-corrected chi connectivity index (χ2v) is 8.28. The molecular weight excluding hydrogens is 312 g/mol. The van der Waals surface area contributed by atoms with E-state index in [1.165, 1.54) is 23.3 Å². The van der Waals surface area contributed by atoms with Crippen molar-refractivity contribution >= 4 is 25.6 Å². The first-order chi connectivity index (χ1) is 9.81. The Morgan fingerprint density at radius 1 is 1.38 bits per heavy atom. The number of carbonyl (C=O) groups excluding carboxylic acids is 1. The standard InChI is InChI=1S/C14H21ClN2O3S/c1-3-10-4-6-11(7-5-10)16-14(18)13-8-12(9-17(13)2)21(15,19)20/h8-11H,3-7H2,1-2H3,(H,16,18). The van der Waals surface area contributed by atoms with E-state index in [-0.39, 0.29) is 16.8 Å². The average molecular weight is 333 g/mol. The maximum Gasteiger partial charge on any atom is 0.268 e. The molecule has 5 nitrogen and oxygen atoms in total. The molecule has 7 heteroatoms. The second-order valence-electron chi connectivity index (χ2n) is 5.71. The van der Waals surface area contributed by atoms with Gasteiger partial charge in [0.25, 0.3) is 15.0 Å². The van der Waals surface area contributed by atoms with Gasteiger partial charge in [-0.1, -0.05) is 13.3 Å². The Morgan fingerprint density at radius 3 is 2.48 bits per heavy atom. The first-order valence-electron chi connectivity index (χ1n) is 7.23. The Morgan fingerprint density at radius 2 is 2.00 bits per heavy atom. The van der Waals surface area contributed by atoms with Crippen LogP contribution in [0.15, 0.2) is 17.2 Å². The minimum atomic E-state index is -3.81. The fourth-order valence-electron chi connectivity index (χ4n) is 2.87. The van der Waals surface area contributed by atoms with Crippen LogP contribution in [-0.2, 0) is 16.1 Å². The van der Waals surface area contributed by atoms with Gasteiger partial charge in [-0.05, 0) is 37.7 Å². The second kappa shape index (κ2) is 6.40. The van der Waals surface area contributed by atoms with Gasteiger partial charge in [0.1, 0.15) is 10.6 Å². The van der Waals surface area contributed by atoms with E-state index >= 15 is 0 Å².